The molecule has 102 valence electrons. The standard InChI is InChI=1S/C13H23N3OS/c1-11-10-18-13(14-11)16-7-6-15(9-12(16)2)5-3-4-8-17/h10,12,17H,3-9H2,1-2H3/t12-/m1/s1. The van der Waals surface area contributed by atoms with Crippen molar-refractivity contribution in [1.82, 2.24) is 9.88 Å². The van der Waals surface area contributed by atoms with Gasteiger partial charge < -0.3 is 10.0 Å². The number of nitrogens with zero attached hydrogens (tertiary/aromatic N) is 3. The molecule has 1 saturated heterocycles. The van der Waals surface area contributed by atoms with Crippen molar-refractivity contribution in [3.8, 4) is 0 Å². The topological polar surface area (TPSA) is 39.6 Å². The third-order valence-electron chi connectivity index (χ3n) is 3.45. The van der Waals surface area contributed by atoms with Crippen molar-refractivity contribution >= 4 is 16.5 Å². The predicted octanol–water partition coefficient (Wildman–Crippen LogP) is 1.73. The van der Waals surface area contributed by atoms with Gasteiger partial charge in [-0.3, -0.25) is 4.90 Å². The van der Waals surface area contributed by atoms with Crippen LogP contribution in [0, 0.1) is 6.92 Å². The van der Waals surface area contributed by atoms with Gasteiger partial charge in [-0.05, 0) is 33.2 Å². The van der Waals surface area contributed by atoms with Gasteiger partial charge in [-0.1, -0.05) is 0 Å². The van der Waals surface area contributed by atoms with E-state index in [1.807, 2.05) is 0 Å². The number of rotatable bonds is 5. The number of aromatic nitrogens is 1. The zero-order valence-corrected chi connectivity index (χ0v) is 12.1. The lowest BCUT2D eigenvalue weighted by atomic mass is 10.2. The summed E-state index contributed by atoms with van der Waals surface area (Å²) in [6.07, 6.45) is 2.01. The number of piperazine rings is 1. The zero-order valence-electron chi connectivity index (χ0n) is 11.3. The van der Waals surface area contributed by atoms with E-state index in [1.165, 1.54) is 0 Å². The van der Waals surface area contributed by atoms with E-state index in [2.05, 4.69) is 34.0 Å². The number of thiazole rings is 1. The van der Waals surface area contributed by atoms with Gasteiger partial charge in [0.1, 0.15) is 0 Å². The molecular weight excluding hydrogens is 246 g/mol. The third kappa shape index (κ3) is 3.43. The summed E-state index contributed by atoms with van der Waals surface area (Å²) in [4.78, 5) is 9.49. The quantitative estimate of drug-likeness (QED) is 0.827. The molecule has 1 aliphatic heterocycles. The minimum absolute atomic E-state index is 0.313. The Bertz CT molecular complexity index is 369. The fraction of sp³-hybridized carbons (Fsp3) is 0.769. The highest BCUT2D eigenvalue weighted by molar-refractivity contribution is 7.13. The van der Waals surface area contributed by atoms with Crippen LogP contribution in [0.3, 0.4) is 0 Å². The Hall–Kier alpha value is -0.650. The van der Waals surface area contributed by atoms with Gasteiger partial charge in [0, 0.05) is 37.7 Å². The predicted molar refractivity (Wildman–Crippen MR) is 76.4 cm³/mol. The molecule has 2 heterocycles. The SMILES string of the molecule is Cc1csc(N2CCN(CCCCO)C[C@H]2C)n1. The number of hydrogen-bond acceptors (Lipinski definition) is 5. The van der Waals surface area contributed by atoms with Gasteiger partial charge >= 0.3 is 0 Å². The van der Waals surface area contributed by atoms with Crippen molar-refractivity contribution in [1.29, 1.82) is 0 Å². The Morgan fingerprint density at radius 3 is 2.89 bits per heavy atom. The van der Waals surface area contributed by atoms with E-state index in [1.54, 1.807) is 11.3 Å². The second-order valence-electron chi connectivity index (χ2n) is 5.05. The first-order valence-corrected chi connectivity index (χ1v) is 7.60. The van der Waals surface area contributed by atoms with Crippen LogP contribution in [0.25, 0.3) is 0 Å². The summed E-state index contributed by atoms with van der Waals surface area (Å²) in [6.45, 7) is 9.01. The summed E-state index contributed by atoms with van der Waals surface area (Å²) in [7, 11) is 0. The Morgan fingerprint density at radius 1 is 1.44 bits per heavy atom. The molecule has 0 aliphatic carbocycles. The van der Waals surface area contributed by atoms with Crippen molar-refractivity contribution in [2.24, 2.45) is 0 Å². The van der Waals surface area contributed by atoms with Crippen LogP contribution in [0.15, 0.2) is 5.38 Å². The molecule has 4 nitrogen and oxygen atoms in total. The molecule has 1 fully saturated rings. The number of aryl methyl sites for hydroxylation is 1. The monoisotopic (exact) mass is 269 g/mol. The smallest absolute Gasteiger partial charge is 0.185 e. The van der Waals surface area contributed by atoms with Crippen LogP contribution in [0.2, 0.25) is 0 Å². The molecule has 0 bridgehead atoms. The van der Waals surface area contributed by atoms with E-state index >= 15 is 0 Å². The van der Waals surface area contributed by atoms with Crippen LogP contribution < -0.4 is 4.90 Å². The third-order valence-corrected chi connectivity index (χ3v) is 4.44. The van der Waals surface area contributed by atoms with Gasteiger partial charge in [-0.2, -0.15) is 0 Å². The number of unbranched alkanes of at least 4 members (excludes halogenated alkanes) is 1. The zero-order chi connectivity index (χ0) is 13.0. The normalized spacial score (nSPS) is 21.5. The van der Waals surface area contributed by atoms with Crippen LogP contribution in [-0.2, 0) is 0 Å². The van der Waals surface area contributed by atoms with E-state index < -0.39 is 0 Å². The van der Waals surface area contributed by atoms with Crippen LogP contribution in [0.4, 0.5) is 5.13 Å². The summed E-state index contributed by atoms with van der Waals surface area (Å²) in [5.74, 6) is 0. The molecule has 0 unspecified atom stereocenters. The highest BCUT2D eigenvalue weighted by Crippen LogP contribution is 2.24. The molecule has 1 atom stereocenters. The molecule has 18 heavy (non-hydrogen) atoms. The first kappa shape index (κ1) is 13.8. The van der Waals surface area contributed by atoms with E-state index in [9.17, 15) is 0 Å². The molecule has 0 spiro atoms. The number of aliphatic hydroxyl groups is 1. The molecule has 1 aromatic heterocycles. The lowest BCUT2D eigenvalue weighted by Crippen LogP contribution is -2.52. The minimum atomic E-state index is 0.313. The molecule has 0 radical (unpaired) electrons. The molecule has 5 heteroatoms. The average Bonchev–Trinajstić information content (AvgIpc) is 2.76. The first-order valence-electron chi connectivity index (χ1n) is 6.72. The molecule has 2 rings (SSSR count). The molecule has 1 aliphatic rings. The summed E-state index contributed by atoms with van der Waals surface area (Å²) in [5, 5.41) is 12.1. The average molecular weight is 269 g/mol. The maximum absolute atomic E-state index is 8.81. The van der Waals surface area contributed by atoms with E-state index in [0.29, 0.717) is 12.6 Å². The Kier molecular flexibility index (Phi) is 4.97. The van der Waals surface area contributed by atoms with Gasteiger partial charge in [-0.25, -0.2) is 4.98 Å². The number of anilines is 1. The lowest BCUT2D eigenvalue weighted by molar-refractivity contribution is 0.212. The fourth-order valence-electron chi connectivity index (χ4n) is 2.44. The molecule has 0 saturated carbocycles. The summed E-state index contributed by atoms with van der Waals surface area (Å²) in [6, 6.07) is 0.526. The van der Waals surface area contributed by atoms with E-state index in [-0.39, 0.29) is 0 Å². The van der Waals surface area contributed by atoms with Crippen molar-refractivity contribution in [2.75, 3.05) is 37.7 Å². The van der Waals surface area contributed by atoms with E-state index in [0.717, 1.165) is 49.8 Å². The van der Waals surface area contributed by atoms with Crippen LogP contribution in [0.5, 0.6) is 0 Å². The molecule has 1 N–H and O–H groups in total. The maximum Gasteiger partial charge on any atom is 0.185 e. The van der Waals surface area contributed by atoms with Crippen molar-refractivity contribution < 1.29 is 5.11 Å². The van der Waals surface area contributed by atoms with Gasteiger partial charge in [0.2, 0.25) is 0 Å². The Labute approximate surface area is 113 Å². The first-order chi connectivity index (χ1) is 8.70. The van der Waals surface area contributed by atoms with Crippen molar-refractivity contribution in [3.63, 3.8) is 0 Å². The second-order valence-corrected chi connectivity index (χ2v) is 5.88. The molecule has 0 aromatic carbocycles. The van der Waals surface area contributed by atoms with Crippen molar-refractivity contribution in [2.45, 2.75) is 32.7 Å². The Morgan fingerprint density at radius 2 is 2.28 bits per heavy atom. The van der Waals surface area contributed by atoms with Gasteiger partial charge in [0.05, 0.1) is 5.69 Å². The summed E-state index contributed by atoms with van der Waals surface area (Å²) < 4.78 is 0. The highest BCUT2D eigenvalue weighted by atomic mass is 32.1. The maximum atomic E-state index is 8.81. The fourth-order valence-corrected chi connectivity index (χ4v) is 3.37. The largest absolute Gasteiger partial charge is 0.396 e. The Balaban J connectivity index is 1.84. The minimum Gasteiger partial charge on any atom is -0.396 e. The van der Waals surface area contributed by atoms with Crippen molar-refractivity contribution in [3.05, 3.63) is 11.1 Å². The second kappa shape index (κ2) is 6.50. The molecule has 0 amide bonds. The highest BCUT2D eigenvalue weighted by Gasteiger charge is 2.25. The van der Waals surface area contributed by atoms with Crippen LogP contribution >= 0.6 is 11.3 Å². The van der Waals surface area contributed by atoms with Gasteiger partial charge in [0.25, 0.3) is 0 Å². The number of aliphatic hydroxyl groups excluding tert-OH is 1. The number of hydrogen-bond donors (Lipinski definition) is 1. The molecular formula is C13H23N3OS. The molecule has 1 aromatic rings. The van der Waals surface area contributed by atoms with Crippen LogP contribution in [0.1, 0.15) is 25.5 Å². The van der Waals surface area contributed by atoms with E-state index in [4.69, 9.17) is 5.11 Å². The van der Waals surface area contributed by atoms with Gasteiger partial charge in [0.15, 0.2) is 5.13 Å². The van der Waals surface area contributed by atoms with Gasteiger partial charge in [-0.15, -0.1) is 11.3 Å². The summed E-state index contributed by atoms with van der Waals surface area (Å²) >= 11 is 1.75. The summed E-state index contributed by atoms with van der Waals surface area (Å²) in [5.41, 5.74) is 1.12. The van der Waals surface area contributed by atoms with Crippen LogP contribution in [-0.4, -0.2) is 53.8 Å². The lowest BCUT2D eigenvalue weighted by Gasteiger charge is -2.39.